The molecule has 1 aliphatic rings. The van der Waals surface area contributed by atoms with Crippen LogP contribution >= 0.6 is 0 Å². The Hall–Kier alpha value is -0.610. The Balaban J connectivity index is 2.43. The highest BCUT2D eigenvalue weighted by Crippen LogP contribution is 2.23. The summed E-state index contributed by atoms with van der Waals surface area (Å²) in [5.41, 5.74) is 5.56. The van der Waals surface area contributed by atoms with Crippen LogP contribution in [0.25, 0.3) is 0 Å². The van der Waals surface area contributed by atoms with Crippen molar-refractivity contribution in [2.75, 3.05) is 19.6 Å². The zero-order chi connectivity index (χ0) is 12.7. The first-order valence-corrected chi connectivity index (χ1v) is 6.94. The third kappa shape index (κ3) is 4.28. The number of hydrogen-bond donors (Lipinski definition) is 2. The lowest BCUT2D eigenvalue weighted by Crippen LogP contribution is -2.47. The third-order valence-corrected chi connectivity index (χ3v) is 3.59. The standard InChI is InChI=1S/C13H27N3O/c1-3-9-15-13(17)11(2)16-10-5-7-12(16)6-4-8-14/h11-12H,3-10,14H2,1-2H3,(H,15,17). The SMILES string of the molecule is CCCNC(=O)C(C)N1CCCC1CCCN. The Morgan fingerprint density at radius 2 is 2.35 bits per heavy atom. The molecule has 3 N–H and O–H groups in total. The molecule has 0 radical (unpaired) electrons. The number of hydrogen-bond acceptors (Lipinski definition) is 3. The second kappa shape index (κ2) is 7.67. The van der Waals surface area contributed by atoms with E-state index in [2.05, 4.69) is 17.1 Å². The molecule has 2 unspecified atom stereocenters. The number of likely N-dealkylation sites (tertiary alicyclic amines) is 1. The van der Waals surface area contributed by atoms with Gasteiger partial charge in [-0.05, 0) is 52.1 Å². The van der Waals surface area contributed by atoms with Gasteiger partial charge < -0.3 is 11.1 Å². The van der Waals surface area contributed by atoms with E-state index in [-0.39, 0.29) is 11.9 Å². The van der Waals surface area contributed by atoms with Gasteiger partial charge in [0.1, 0.15) is 0 Å². The summed E-state index contributed by atoms with van der Waals surface area (Å²) in [7, 11) is 0. The molecule has 17 heavy (non-hydrogen) atoms. The predicted octanol–water partition coefficient (Wildman–Crippen LogP) is 1.10. The van der Waals surface area contributed by atoms with E-state index < -0.39 is 0 Å². The molecular weight excluding hydrogens is 214 g/mol. The first-order valence-electron chi connectivity index (χ1n) is 6.94. The minimum Gasteiger partial charge on any atom is -0.355 e. The summed E-state index contributed by atoms with van der Waals surface area (Å²) < 4.78 is 0. The smallest absolute Gasteiger partial charge is 0.237 e. The summed E-state index contributed by atoms with van der Waals surface area (Å²) in [5, 5.41) is 2.98. The second-order valence-electron chi connectivity index (χ2n) is 4.93. The Bertz CT molecular complexity index is 233. The van der Waals surface area contributed by atoms with Gasteiger partial charge in [0.05, 0.1) is 6.04 Å². The molecule has 0 aromatic rings. The van der Waals surface area contributed by atoms with Gasteiger partial charge in [0.15, 0.2) is 0 Å². The molecule has 1 heterocycles. The maximum absolute atomic E-state index is 11.9. The van der Waals surface area contributed by atoms with Gasteiger partial charge in [0, 0.05) is 12.6 Å². The number of nitrogens with two attached hydrogens (primary N) is 1. The molecular formula is C13H27N3O. The molecule has 100 valence electrons. The monoisotopic (exact) mass is 241 g/mol. The fraction of sp³-hybridized carbons (Fsp3) is 0.923. The van der Waals surface area contributed by atoms with Gasteiger partial charge in [-0.15, -0.1) is 0 Å². The highest BCUT2D eigenvalue weighted by molar-refractivity contribution is 5.81. The van der Waals surface area contributed by atoms with E-state index in [1.165, 1.54) is 12.8 Å². The van der Waals surface area contributed by atoms with Crippen LogP contribution in [0.15, 0.2) is 0 Å². The molecule has 4 nitrogen and oxygen atoms in total. The minimum atomic E-state index is 0.00632. The van der Waals surface area contributed by atoms with Crippen molar-refractivity contribution >= 4 is 5.91 Å². The second-order valence-corrected chi connectivity index (χ2v) is 4.93. The molecule has 0 aliphatic carbocycles. The van der Waals surface area contributed by atoms with E-state index in [4.69, 9.17) is 5.73 Å². The van der Waals surface area contributed by atoms with Crippen LogP contribution in [0.4, 0.5) is 0 Å². The Kier molecular flexibility index (Phi) is 6.52. The maximum Gasteiger partial charge on any atom is 0.237 e. The van der Waals surface area contributed by atoms with Crippen molar-refractivity contribution in [3.63, 3.8) is 0 Å². The molecule has 2 atom stereocenters. The van der Waals surface area contributed by atoms with Gasteiger partial charge in [-0.25, -0.2) is 0 Å². The lowest BCUT2D eigenvalue weighted by Gasteiger charge is -2.29. The van der Waals surface area contributed by atoms with Gasteiger partial charge in [-0.2, -0.15) is 0 Å². The number of carbonyl (C=O) groups excluding carboxylic acids is 1. The number of nitrogens with one attached hydrogen (secondary N) is 1. The predicted molar refractivity (Wildman–Crippen MR) is 70.8 cm³/mol. The molecule has 0 aromatic heterocycles. The quantitative estimate of drug-likeness (QED) is 0.702. The molecule has 1 saturated heterocycles. The topological polar surface area (TPSA) is 58.4 Å². The number of rotatable bonds is 7. The summed E-state index contributed by atoms with van der Waals surface area (Å²) in [6, 6.07) is 0.563. The van der Waals surface area contributed by atoms with E-state index in [1.54, 1.807) is 0 Å². The van der Waals surface area contributed by atoms with Gasteiger partial charge >= 0.3 is 0 Å². The summed E-state index contributed by atoms with van der Waals surface area (Å²) >= 11 is 0. The van der Waals surface area contributed by atoms with E-state index in [9.17, 15) is 4.79 Å². The molecule has 0 spiro atoms. The Labute approximate surface area is 105 Å². The summed E-state index contributed by atoms with van der Waals surface area (Å²) in [6.45, 7) is 6.68. The summed E-state index contributed by atoms with van der Waals surface area (Å²) in [5.74, 6) is 0.173. The van der Waals surface area contributed by atoms with Crippen LogP contribution in [0.1, 0.15) is 46.0 Å². The number of carbonyl (C=O) groups is 1. The summed E-state index contributed by atoms with van der Waals surface area (Å²) in [6.07, 6.45) is 5.60. The lowest BCUT2D eigenvalue weighted by molar-refractivity contribution is -0.126. The molecule has 1 fully saturated rings. The van der Waals surface area contributed by atoms with E-state index in [0.717, 1.165) is 38.9 Å². The molecule has 1 rings (SSSR count). The first-order chi connectivity index (χ1) is 8.20. The van der Waals surface area contributed by atoms with Crippen LogP contribution in [-0.4, -0.2) is 42.5 Å². The highest BCUT2D eigenvalue weighted by atomic mass is 16.2. The van der Waals surface area contributed by atoms with E-state index in [1.807, 2.05) is 6.92 Å². The number of nitrogens with zero attached hydrogens (tertiary/aromatic N) is 1. The van der Waals surface area contributed by atoms with Crippen molar-refractivity contribution in [1.29, 1.82) is 0 Å². The third-order valence-electron chi connectivity index (χ3n) is 3.59. The van der Waals surface area contributed by atoms with Crippen molar-refractivity contribution in [2.24, 2.45) is 5.73 Å². The van der Waals surface area contributed by atoms with Crippen LogP contribution in [0.2, 0.25) is 0 Å². The molecule has 0 aromatic carbocycles. The molecule has 1 amide bonds. The Morgan fingerprint density at radius 1 is 1.59 bits per heavy atom. The maximum atomic E-state index is 11.9. The van der Waals surface area contributed by atoms with Gasteiger partial charge in [0.25, 0.3) is 0 Å². The largest absolute Gasteiger partial charge is 0.355 e. The van der Waals surface area contributed by atoms with E-state index in [0.29, 0.717) is 6.04 Å². The first kappa shape index (κ1) is 14.5. The van der Waals surface area contributed by atoms with Gasteiger partial charge in [-0.1, -0.05) is 6.92 Å². The normalized spacial score (nSPS) is 22.6. The van der Waals surface area contributed by atoms with Crippen molar-refractivity contribution in [3.8, 4) is 0 Å². The fourth-order valence-electron chi connectivity index (χ4n) is 2.58. The van der Waals surface area contributed by atoms with Crippen LogP contribution in [0.5, 0.6) is 0 Å². The average Bonchev–Trinajstić information content (AvgIpc) is 2.80. The van der Waals surface area contributed by atoms with Gasteiger partial charge in [-0.3, -0.25) is 9.69 Å². The molecule has 4 heteroatoms. The van der Waals surface area contributed by atoms with Crippen LogP contribution < -0.4 is 11.1 Å². The van der Waals surface area contributed by atoms with Crippen molar-refractivity contribution < 1.29 is 4.79 Å². The van der Waals surface area contributed by atoms with Crippen molar-refractivity contribution in [3.05, 3.63) is 0 Å². The van der Waals surface area contributed by atoms with Gasteiger partial charge in [0.2, 0.25) is 5.91 Å². The van der Waals surface area contributed by atoms with Crippen LogP contribution in [0, 0.1) is 0 Å². The Morgan fingerprint density at radius 3 is 3.00 bits per heavy atom. The lowest BCUT2D eigenvalue weighted by atomic mass is 10.1. The zero-order valence-electron chi connectivity index (χ0n) is 11.2. The fourth-order valence-corrected chi connectivity index (χ4v) is 2.58. The number of amides is 1. The highest BCUT2D eigenvalue weighted by Gasteiger charge is 2.31. The van der Waals surface area contributed by atoms with Crippen molar-refractivity contribution in [1.82, 2.24) is 10.2 Å². The van der Waals surface area contributed by atoms with E-state index >= 15 is 0 Å². The summed E-state index contributed by atoms with van der Waals surface area (Å²) in [4.78, 5) is 14.3. The van der Waals surface area contributed by atoms with Crippen LogP contribution in [-0.2, 0) is 4.79 Å². The molecule has 0 saturated carbocycles. The minimum absolute atomic E-state index is 0.00632. The molecule has 1 aliphatic heterocycles. The van der Waals surface area contributed by atoms with Crippen LogP contribution in [0.3, 0.4) is 0 Å². The van der Waals surface area contributed by atoms with Crippen molar-refractivity contribution in [2.45, 2.75) is 58.0 Å². The zero-order valence-corrected chi connectivity index (χ0v) is 11.2. The average molecular weight is 241 g/mol. The molecule has 0 bridgehead atoms.